The Kier molecular flexibility index (Phi) is 5.68. The minimum atomic E-state index is -4.94. The number of benzene rings is 1. The van der Waals surface area contributed by atoms with E-state index >= 15 is 0 Å². The Morgan fingerprint density at radius 2 is 2.00 bits per heavy atom. The molecule has 0 unspecified atom stereocenters. The van der Waals surface area contributed by atoms with Gasteiger partial charge in [-0.2, -0.15) is 5.10 Å². The fourth-order valence-electron chi connectivity index (χ4n) is 3.26. The summed E-state index contributed by atoms with van der Waals surface area (Å²) in [6, 6.07) is 9.66. The van der Waals surface area contributed by atoms with Crippen LogP contribution in [0.1, 0.15) is 27.0 Å². The van der Waals surface area contributed by atoms with E-state index in [1.165, 1.54) is 48.1 Å². The van der Waals surface area contributed by atoms with Gasteiger partial charge < -0.3 is 20.1 Å². The number of hydrogen-bond acceptors (Lipinski definition) is 7. The first kappa shape index (κ1) is 20.7. The molecule has 0 fully saturated rings. The number of alkyl halides is 3. The summed E-state index contributed by atoms with van der Waals surface area (Å²) >= 11 is 0. The highest BCUT2D eigenvalue weighted by Gasteiger charge is 2.32. The zero-order valence-corrected chi connectivity index (χ0v) is 18.5. The average Bonchev–Trinajstić information content (AvgIpc) is 3.22. The van der Waals surface area contributed by atoms with Crippen LogP contribution in [0.3, 0.4) is 0 Å². The summed E-state index contributed by atoms with van der Waals surface area (Å²) in [5.74, 6) is -1.96. The molecule has 0 atom stereocenters. The molecule has 10 nitrogen and oxygen atoms in total. The summed E-state index contributed by atoms with van der Waals surface area (Å²) in [5, 5.41) is 9.34. The van der Waals surface area contributed by atoms with E-state index in [1.54, 1.807) is 12.1 Å². The molecule has 13 heteroatoms. The third-order valence-corrected chi connectivity index (χ3v) is 4.75. The van der Waals surface area contributed by atoms with Crippen molar-refractivity contribution in [2.45, 2.75) is 19.8 Å². The van der Waals surface area contributed by atoms with Gasteiger partial charge in [-0.1, -0.05) is 18.2 Å². The number of methoxy groups -OCH3 is 1. The van der Waals surface area contributed by atoms with Gasteiger partial charge in [0.2, 0.25) is 11.8 Å². The molecule has 0 saturated carbocycles. The smallest absolute Gasteiger partial charge is 0.480 e. The number of anilines is 1. The number of amides is 2. The van der Waals surface area contributed by atoms with Crippen molar-refractivity contribution in [3.63, 3.8) is 0 Å². The lowest BCUT2D eigenvalue weighted by Crippen LogP contribution is -2.25. The lowest BCUT2D eigenvalue weighted by Gasteiger charge is -2.14. The lowest BCUT2D eigenvalue weighted by molar-refractivity contribution is -0.274. The van der Waals surface area contributed by atoms with Crippen molar-refractivity contribution in [3.05, 3.63) is 66.0 Å². The minimum absolute atomic E-state index is 0.0211. The summed E-state index contributed by atoms with van der Waals surface area (Å²) in [5.41, 5.74) is 0.725. The summed E-state index contributed by atoms with van der Waals surface area (Å²) in [6.45, 7) is 0.944. The van der Waals surface area contributed by atoms with Gasteiger partial charge in [0.25, 0.3) is 5.91 Å². The quantitative estimate of drug-likeness (QED) is 0.396. The zero-order valence-electron chi connectivity index (χ0n) is 21.5. The zero-order chi connectivity index (χ0) is 28.4. The highest BCUT2D eigenvalue weighted by Crippen LogP contribution is 2.27. The maximum Gasteiger partial charge on any atom is 0.573 e. The molecule has 186 valence electrons. The molecule has 0 aliphatic rings. The van der Waals surface area contributed by atoms with E-state index in [0.717, 1.165) is 6.07 Å². The third-order valence-electron chi connectivity index (χ3n) is 4.75. The van der Waals surface area contributed by atoms with Crippen LogP contribution in [0.25, 0.3) is 16.9 Å². The topological polar surface area (TPSA) is 120 Å². The molecule has 0 bridgehead atoms. The number of fused-ring (bicyclic) bond motifs is 1. The number of halogens is 3. The molecule has 0 aliphatic carbocycles. The third kappa shape index (κ3) is 5.68. The number of rotatable bonds is 7. The summed E-state index contributed by atoms with van der Waals surface area (Å²) < 4.78 is 70.6. The van der Waals surface area contributed by atoms with Crippen molar-refractivity contribution < 1.29 is 36.3 Å². The van der Waals surface area contributed by atoms with Crippen LogP contribution in [0.15, 0.2) is 54.9 Å². The Balaban J connectivity index is 1.64. The van der Waals surface area contributed by atoms with E-state index in [2.05, 4.69) is 30.4 Å². The molecule has 0 aliphatic heterocycles. The number of carbonyl (C=O) groups is 2. The number of ether oxygens (including phenoxy) is 2. The van der Waals surface area contributed by atoms with E-state index in [9.17, 15) is 22.8 Å². The predicted octanol–water partition coefficient (Wildman–Crippen LogP) is 3.59. The van der Waals surface area contributed by atoms with E-state index in [0.29, 0.717) is 11.3 Å². The van der Waals surface area contributed by atoms with Crippen molar-refractivity contribution in [1.82, 2.24) is 24.9 Å². The molecule has 0 radical (unpaired) electrons. The first-order chi connectivity index (χ1) is 18.3. The Hall–Kier alpha value is -4.68. The van der Waals surface area contributed by atoms with Crippen molar-refractivity contribution in [2.24, 2.45) is 0 Å². The van der Waals surface area contributed by atoms with E-state index in [4.69, 9.17) is 8.85 Å². The molecule has 0 saturated heterocycles. The number of aromatic nitrogens is 4. The standard InChI is InChI=1S/C23H19F3N6O4/c1-13(33)29-19-12-32-20(30-19)8-7-17(31-32)15-9-16(22(35-2)28-11-15)21(34)27-10-14-5-3-4-6-18(14)36-23(24,25)26/h3-9,11-12H,10H2,1-2H3,(H,27,34)(H,29,33)/i2D3. The van der Waals surface area contributed by atoms with E-state index in [-0.39, 0.29) is 35.0 Å². The second-order valence-electron chi connectivity index (χ2n) is 7.35. The molecule has 3 aromatic heterocycles. The molecule has 0 spiro atoms. The fourth-order valence-corrected chi connectivity index (χ4v) is 3.26. The average molecular weight is 503 g/mol. The van der Waals surface area contributed by atoms with Crippen LogP contribution >= 0.6 is 0 Å². The first-order valence-electron chi connectivity index (χ1n) is 11.7. The number of carbonyl (C=O) groups excluding carboxylic acids is 2. The second-order valence-corrected chi connectivity index (χ2v) is 7.35. The molecule has 1 aromatic carbocycles. The van der Waals surface area contributed by atoms with Crippen molar-refractivity contribution in [1.29, 1.82) is 0 Å². The van der Waals surface area contributed by atoms with Gasteiger partial charge in [0.05, 0.1) is 23.0 Å². The number of pyridine rings is 1. The van der Waals surface area contributed by atoms with Gasteiger partial charge in [0, 0.05) is 30.8 Å². The second kappa shape index (κ2) is 9.90. The van der Waals surface area contributed by atoms with Crippen LogP contribution in [-0.2, 0) is 11.3 Å². The molecule has 2 amide bonds. The Labute approximate surface area is 206 Å². The number of hydrogen-bond donors (Lipinski definition) is 2. The van der Waals surface area contributed by atoms with Crippen LogP contribution in [0.5, 0.6) is 11.6 Å². The van der Waals surface area contributed by atoms with Crippen molar-refractivity contribution in [2.75, 3.05) is 12.4 Å². The summed E-state index contributed by atoms with van der Waals surface area (Å²) in [7, 11) is -2.94. The summed E-state index contributed by atoms with van der Waals surface area (Å²) in [6.07, 6.45) is -2.23. The maximum absolute atomic E-state index is 13.1. The normalized spacial score (nSPS) is 12.8. The SMILES string of the molecule is [2H]C([2H])([2H])Oc1ncc(-c2ccc3nc(NC(C)=O)cn3n2)cc1C(=O)NCc1ccccc1OC(F)(F)F. The van der Waals surface area contributed by atoms with Gasteiger partial charge in [-0.3, -0.25) is 9.59 Å². The van der Waals surface area contributed by atoms with Crippen LogP contribution < -0.4 is 20.1 Å². The van der Waals surface area contributed by atoms with Crippen LogP contribution in [0, 0.1) is 0 Å². The van der Waals surface area contributed by atoms with Crippen molar-refractivity contribution in [3.8, 4) is 22.9 Å². The van der Waals surface area contributed by atoms with Gasteiger partial charge in [-0.25, -0.2) is 14.5 Å². The largest absolute Gasteiger partial charge is 0.573 e. The van der Waals surface area contributed by atoms with E-state index in [1.807, 2.05) is 0 Å². The molecule has 36 heavy (non-hydrogen) atoms. The van der Waals surface area contributed by atoms with Gasteiger partial charge >= 0.3 is 6.36 Å². The van der Waals surface area contributed by atoms with Crippen molar-refractivity contribution >= 4 is 23.3 Å². The Morgan fingerprint density at radius 1 is 1.19 bits per heavy atom. The van der Waals surface area contributed by atoms with E-state index < -0.39 is 30.9 Å². The van der Waals surface area contributed by atoms with Crippen LogP contribution in [0.4, 0.5) is 19.0 Å². The Morgan fingerprint density at radius 3 is 2.75 bits per heavy atom. The lowest BCUT2D eigenvalue weighted by atomic mass is 10.1. The summed E-state index contributed by atoms with van der Waals surface area (Å²) in [4.78, 5) is 32.5. The number of imidazole rings is 1. The molecule has 4 rings (SSSR count). The fraction of sp³-hybridized carbons (Fsp3) is 0.174. The molecule has 2 N–H and O–H groups in total. The highest BCUT2D eigenvalue weighted by atomic mass is 19.4. The predicted molar refractivity (Wildman–Crippen MR) is 121 cm³/mol. The number of nitrogens with zero attached hydrogens (tertiary/aromatic N) is 4. The van der Waals surface area contributed by atoms with Gasteiger partial charge in [-0.05, 0) is 24.3 Å². The molecular weight excluding hydrogens is 481 g/mol. The molecular formula is C23H19F3N6O4. The van der Waals surface area contributed by atoms with Crippen LogP contribution in [0.2, 0.25) is 0 Å². The maximum atomic E-state index is 13.1. The number of para-hydroxylation sites is 1. The highest BCUT2D eigenvalue weighted by molar-refractivity contribution is 5.97. The monoisotopic (exact) mass is 503 g/mol. The minimum Gasteiger partial charge on any atom is -0.480 e. The first-order valence-corrected chi connectivity index (χ1v) is 10.2. The van der Waals surface area contributed by atoms with Crippen LogP contribution in [-0.4, -0.2) is 44.8 Å². The molecule has 3 heterocycles. The molecule has 4 aromatic rings. The van der Waals surface area contributed by atoms with Gasteiger partial charge in [0.1, 0.15) is 11.3 Å². The van der Waals surface area contributed by atoms with Gasteiger partial charge in [-0.15, -0.1) is 13.2 Å². The number of nitrogens with one attached hydrogen (secondary N) is 2. The Bertz CT molecular complexity index is 1540. The van der Waals surface area contributed by atoms with Gasteiger partial charge in [0.15, 0.2) is 11.5 Å².